The average Bonchev–Trinajstić information content (AvgIpc) is 1.86. The van der Waals surface area contributed by atoms with Crippen LogP contribution in [0.15, 0.2) is 0 Å². The molecule has 0 heterocycles. The summed E-state index contributed by atoms with van der Waals surface area (Å²) in [5.41, 5.74) is -3.85. The van der Waals surface area contributed by atoms with Crippen LogP contribution >= 0.6 is 11.6 Å². The Balaban J connectivity index is 4.75. The number of rotatable bonds is 3. The van der Waals surface area contributed by atoms with Crippen LogP contribution in [0.3, 0.4) is 0 Å². The third kappa shape index (κ3) is 1.75. The van der Waals surface area contributed by atoms with Crippen molar-refractivity contribution in [3.05, 3.63) is 0 Å². The molecule has 0 N–H and O–H groups in total. The first kappa shape index (κ1) is 11.8. The minimum Gasteiger partial charge on any atom is -0.223 e. The number of hydrogen-bond acceptors (Lipinski definition) is 0. The molecule has 0 aromatic rings. The fourth-order valence-corrected chi connectivity index (χ4v) is 0.436. The summed E-state index contributed by atoms with van der Waals surface area (Å²) in [4.78, 5) is 0. The molecule has 0 radical (unpaired) electrons. The lowest BCUT2D eigenvalue weighted by Crippen LogP contribution is -2.50. The van der Waals surface area contributed by atoms with Gasteiger partial charge in [0.1, 0.15) is 0 Å². The molecule has 0 aliphatic heterocycles. The quantitative estimate of drug-likeness (QED) is 0.504. The van der Waals surface area contributed by atoms with E-state index in [4.69, 9.17) is 0 Å². The van der Waals surface area contributed by atoms with Gasteiger partial charge in [0.05, 0.1) is 0 Å². The molecule has 0 fully saturated rings. The second-order valence-electron chi connectivity index (χ2n) is 1.85. The molecule has 1 atom stereocenters. The van der Waals surface area contributed by atoms with Crippen LogP contribution in [-0.2, 0) is 0 Å². The van der Waals surface area contributed by atoms with Crippen molar-refractivity contribution in [1.29, 1.82) is 0 Å². The second-order valence-corrected chi connectivity index (χ2v) is 2.23. The van der Waals surface area contributed by atoms with E-state index >= 15 is 0 Å². The largest absolute Gasteiger partial charge is 0.373 e. The maximum Gasteiger partial charge on any atom is 0.373 e. The first-order valence-electron chi connectivity index (χ1n) is 2.46. The van der Waals surface area contributed by atoms with E-state index in [1.54, 1.807) is 0 Å². The van der Waals surface area contributed by atoms with Gasteiger partial charge in [-0.15, -0.1) is 0 Å². The average molecular weight is 218 g/mol. The topological polar surface area (TPSA) is 0 Å². The number of alkyl halides is 8. The lowest BCUT2D eigenvalue weighted by Gasteiger charge is -2.25. The lowest BCUT2D eigenvalue weighted by molar-refractivity contribution is -0.274. The molecule has 12 heavy (non-hydrogen) atoms. The maximum absolute atomic E-state index is 11.8. The molecule has 0 spiro atoms. The maximum atomic E-state index is 11.8. The van der Waals surface area contributed by atoms with Gasteiger partial charge in [-0.05, 0) is 0 Å². The van der Waals surface area contributed by atoms with E-state index in [1.165, 1.54) is 0 Å². The van der Waals surface area contributed by atoms with E-state index in [9.17, 15) is 30.7 Å². The predicted octanol–water partition coefficient (Wildman–Crippen LogP) is 3.06. The van der Waals surface area contributed by atoms with Gasteiger partial charge in [0.2, 0.25) is 5.63 Å². The summed E-state index contributed by atoms with van der Waals surface area (Å²) < 4.78 is 81.1. The Kier molecular flexibility index (Phi) is 3.22. The Labute approximate surface area is 67.3 Å². The molecular formula is C4H2ClF7. The smallest absolute Gasteiger partial charge is 0.223 e. The first-order valence-corrected chi connectivity index (χ1v) is 2.89. The molecule has 0 nitrogen and oxygen atoms in total. The van der Waals surface area contributed by atoms with Gasteiger partial charge in [0.25, 0.3) is 0 Å². The lowest BCUT2D eigenvalue weighted by atomic mass is 10.2. The third-order valence-electron chi connectivity index (χ3n) is 0.993. The standard InChI is InChI=1S/C4H2ClF7/c5-1(6)3(9,10)4(11,12)2(7)8/h1-2H. The van der Waals surface area contributed by atoms with Crippen LogP contribution in [-0.4, -0.2) is 23.9 Å². The van der Waals surface area contributed by atoms with Crippen molar-refractivity contribution in [2.75, 3.05) is 0 Å². The third-order valence-corrected chi connectivity index (χ3v) is 1.27. The predicted molar refractivity (Wildman–Crippen MR) is 26.6 cm³/mol. The van der Waals surface area contributed by atoms with Crippen molar-refractivity contribution in [2.24, 2.45) is 0 Å². The van der Waals surface area contributed by atoms with Crippen LogP contribution in [0.2, 0.25) is 0 Å². The SMILES string of the molecule is FC(F)C(F)(F)C(F)(F)C(F)Cl. The highest BCUT2D eigenvalue weighted by molar-refractivity contribution is 6.20. The second kappa shape index (κ2) is 3.27. The fraction of sp³-hybridized carbons (Fsp3) is 1.00. The van der Waals surface area contributed by atoms with Crippen LogP contribution in [0, 0.1) is 0 Å². The highest BCUT2D eigenvalue weighted by Crippen LogP contribution is 2.43. The fourth-order valence-electron chi connectivity index (χ4n) is 0.291. The Morgan fingerprint density at radius 3 is 1.25 bits per heavy atom. The van der Waals surface area contributed by atoms with Crippen LogP contribution in [0.5, 0.6) is 0 Å². The summed E-state index contributed by atoms with van der Waals surface area (Å²) in [5, 5.41) is 0. The van der Waals surface area contributed by atoms with E-state index in [-0.39, 0.29) is 0 Å². The molecular weight excluding hydrogens is 216 g/mol. The summed E-state index contributed by atoms with van der Waals surface area (Å²) in [7, 11) is 0. The summed E-state index contributed by atoms with van der Waals surface area (Å²) in [6, 6.07) is 0. The summed E-state index contributed by atoms with van der Waals surface area (Å²) in [6.07, 6.45) is -4.66. The molecule has 0 saturated carbocycles. The Bertz CT molecular complexity index is 135. The van der Waals surface area contributed by atoms with E-state index in [0.29, 0.717) is 0 Å². The Morgan fingerprint density at radius 2 is 1.17 bits per heavy atom. The van der Waals surface area contributed by atoms with Gasteiger partial charge >= 0.3 is 18.3 Å². The van der Waals surface area contributed by atoms with E-state index < -0.39 is 23.9 Å². The zero-order valence-corrected chi connectivity index (χ0v) is 5.93. The molecule has 0 bridgehead atoms. The van der Waals surface area contributed by atoms with Crippen LogP contribution in [0.1, 0.15) is 0 Å². The number of hydrogen-bond donors (Lipinski definition) is 0. The van der Waals surface area contributed by atoms with E-state index in [0.717, 1.165) is 0 Å². The minimum absolute atomic E-state index is 3.85. The number of halogens is 8. The van der Waals surface area contributed by atoms with Crippen LogP contribution < -0.4 is 0 Å². The van der Waals surface area contributed by atoms with E-state index in [2.05, 4.69) is 11.6 Å². The van der Waals surface area contributed by atoms with Gasteiger partial charge in [-0.2, -0.15) is 17.6 Å². The normalized spacial score (nSPS) is 16.8. The van der Waals surface area contributed by atoms with Gasteiger partial charge in [0.15, 0.2) is 0 Å². The monoisotopic (exact) mass is 218 g/mol. The van der Waals surface area contributed by atoms with Gasteiger partial charge in [-0.3, -0.25) is 0 Å². The molecule has 0 amide bonds. The molecule has 0 aliphatic rings. The molecule has 8 heteroatoms. The summed E-state index contributed by atoms with van der Waals surface area (Å²) in [5.74, 6) is -11.3. The Hall–Kier alpha value is -0.200. The Morgan fingerprint density at radius 1 is 0.833 bits per heavy atom. The summed E-state index contributed by atoms with van der Waals surface area (Å²) >= 11 is 3.97. The van der Waals surface area contributed by atoms with Crippen molar-refractivity contribution in [2.45, 2.75) is 23.9 Å². The van der Waals surface area contributed by atoms with Gasteiger partial charge in [-0.25, -0.2) is 13.2 Å². The summed E-state index contributed by atoms with van der Waals surface area (Å²) in [6.45, 7) is 0. The van der Waals surface area contributed by atoms with Crippen LogP contribution in [0.25, 0.3) is 0 Å². The van der Waals surface area contributed by atoms with Crippen molar-refractivity contribution >= 4 is 11.6 Å². The van der Waals surface area contributed by atoms with Crippen molar-refractivity contribution in [1.82, 2.24) is 0 Å². The molecule has 0 rings (SSSR count). The van der Waals surface area contributed by atoms with E-state index in [1.807, 2.05) is 0 Å². The molecule has 0 aliphatic carbocycles. The van der Waals surface area contributed by atoms with Gasteiger partial charge in [0, 0.05) is 0 Å². The highest BCUT2D eigenvalue weighted by Gasteiger charge is 2.67. The van der Waals surface area contributed by atoms with Gasteiger partial charge < -0.3 is 0 Å². The van der Waals surface area contributed by atoms with Crippen molar-refractivity contribution in [3.8, 4) is 0 Å². The zero-order chi connectivity index (χ0) is 10.2. The molecule has 74 valence electrons. The minimum atomic E-state index is -5.76. The first-order chi connectivity index (χ1) is 5.14. The zero-order valence-electron chi connectivity index (χ0n) is 5.18. The molecule has 0 saturated heterocycles. The van der Waals surface area contributed by atoms with Crippen molar-refractivity contribution in [3.63, 3.8) is 0 Å². The highest BCUT2D eigenvalue weighted by atomic mass is 35.5. The molecule has 1 unspecified atom stereocenters. The van der Waals surface area contributed by atoms with Crippen LogP contribution in [0.4, 0.5) is 30.7 Å². The van der Waals surface area contributed by atoms with Gasteiger partial charge in [-0.1, -0.05) is 11.6 Å². The van der Waals surface area contributed by atoms with Crippen molar-refractivity contribution < 1.29 is 30.7 Å². The molecule has 0 aromatic carbocycles. The molecule has 0 aromatic heterocycles.